The number of hydrogen-bond acceptors (Lipinski definition) is 3. The van der Waals surface area contributed by atoms with Crippen LogP contribution in [0.25, 0.3) is 0 Å². The van der Waals surface area contributed by atoms with E-state index in [0.717, 1.165) is 10.0 Å². The number of rotatable bonds is 4. The lowest BCUT2D eigenvalue weighted by Crippen LogP contribution is -2.00. The number of nitro benzene ring substituents is 1. The number of non-ortho nitro benzene ring substituents is 1. The molecule has 2 aromatic rings. The molecule has 0 aliphatic heterocycles. The smallest absolute Gasteiger partial charge is 0.271 e. The Hall–Kier alpha value is -1.59. The van der Waals surface area contributed by atoms with Gasteiger partial charge in [0.1, 0.15) is 0 Å². The van der Waals surface area contributed by atoms with E-state index in [-0.39, 0.29) is 5.69 Å². The summed E-state index contributed by atoms with van der Waals surface area (Å²) < 4.78 is 0.901. The molecule has 4 nitrogen and oxygen atoms in total. The number of nitrogens with one attached hydrogen (secondary N) is 1. The third-order valence-electron chi connectivity index (χ3n) is 2.56. The molecule has 0 aliphatic carbocycles. The molecule has 19 heavy (non-hydrogen) atoms. The molecule has 0 bridgehead atoms. The standard InChI is InChI=1S/C13H10BrClN2O2/c14-13-6-10(15)5-4-9(13)8-16-11-2-1-3-12(7-11)17(18)19/h1-7,16H,8H2. The molecule has 0 fully saturated rings. The third kappa shape index (κ3) is 3.68. The van der Waals surface area contributed by atoms with Gasteiger partial charge in [-0.25, -0.2) is 0 Å². The maximum Gasteiger partial charge on any atom is 0.271 e. The van der Waals surface area contributed by atoms with Crippen molar-refractivity contribution in [2.45, 2.75) is 6.54 Å². The summed E-state index contributed by atoms with van der Waals surface area (Å²) in [6, 6.07) is 11.9. The van der Waals surface area contributed by atoms with E-state index in [1.807, 2.05) is 12.1 Å². The summed E-state index contributed by atoms with van der Waals surface area (Å²) in [6.07, 6.45) is 0. The molecule has 98 valence electrons. The average Bonchev–Trinajstić information content (AvgIpc) is 2.38. The van der Waals surface area contributed by atoms with Crippen molar-refractivity contribution >= 4 is 38.9 Å². The Morgan fingerprint density at radius 1 is 1.26 bits per heavy atom. The highest BCUT2D eigenvalue weighted by Gasteiger charge is 2.06. The fourth-order valence-electron chi connectivity index (χ4n) is 1.59. The van der Waals surface area contributed by atoms with Crippen LogP contribution in [-0.2, 0) is 6.54 Å². The first kappa shape index (κ1) is 13.8. The van der Waals surface area contributed by atoms with E-state index in [4.69, 9.17) is 11.6 Å². The van der Waals surface area contributed by atoms with E-state index < -0.39 is 4.92 Å². The minimum Gasteiger partial charge on any atom is -0.381 e. The molecule has 0 heterocycles. The Balaban J connectivity index is 2.10. The lowest BCUT2D eigenvalue weighted by atomic mass is 10.2. The number of nitrogens with zero attached hydrogens (tertiary/aromatic N) is 1. The van der Waals surface area contributed by atoms with Gasteiger partial charge in [0.2, 0.25) is 0 Å². The predicted molar refractivity (Wildman–Crippen MR) is 79.6 cm³/mol. The Morgan fingerprint density at radius 3 is 2.74 bits per heavy atom. The zero-order valence-corrected chi connectivity index (χ0v) is 12.1. The number of anilines is 1. The summed E-state index contributed by atoms with van der Waals surface area (Å²) in [5.74, 6) is 0. The summed E-state index contributed by atoms with van der Waals surface area (Å²) >= 11 is 9.29. The van der Waals surface area contributed by atoms with Crippen molar-refractivity contribution in [1.82, 2.24) is 0 Å². The van der Waals surface area contributed by atoms with E-state index in [1.165, 1.54) is 12.1 Å². The van der Waals surface area contributed by atoms with E-state index in [1.54, 1.807) is 18.2 Å². The summed E-state index contributed by atoms with van der Waals surface area (Å²) in [4.78, 5) is 10.3. The fourth-order valence-corrected chi connectivity index (χ4v) is 2.41. The molecule has 0 atom stereocenters. The lowest BCUT2D eigenvalue weighted by Gasteiger charge is -2.08. The lowest BCUT2D eigenvalue weighted by molar-refractivity contribution is -0.384. The summed E-state index contributed by atoms with van der Waals surface area (Å²) in [6.45, 7) is 0.554. The van der Waals surface area contributed by atoms with Gasteiger partial charge >= 0.3 is 0 Å². The van der Waals surface area contributed by atoms with Crippen LogP contribution in [0, 0.1) is 10.1 Å². The summed E-state index contributed by atoms with van der Waals surface area (Å²) in [5.41, 5.74) is 1.80. The molecule has 6 heteroatoms. The first-order chi connectivity index (χ1) is 9.06. The number of nitro groups is 1. The molecule has 0 saturated heterocycles. The second-order valence-electron chi connectivity index (χ2n) is 3.90. The van der Waals surface area contributed by atoms with E-state index in [0.29, 0.717) is 17.3 Å². The Morgan fingerprint density at radius 2 is 2.05 bits per heavy atom. The molecular weight excluding hydrogens is 332 g/mol. The van der Waals surface area contributed by atoms with Gasteiger partial charge in [0.05, 0.1) is 4.92 Å². The first-order valence-corrected chi connectivity index (χ1v) is 6.65. The van der Waals surface area contributed by atoms with Gasteiger partial charge in [0.25, 0.3) is 5.69 Å². The minimum atomic E-state index is -0.413. The molecule has 0 radical (unpaired) electrons. The van der Waals surface area contributed by atoms with Crippen LogP contribution in [0.1, 0.15) is 5.56 Å². The van der Waals surface area contributed by atoms with Gasteiger partial charge in [0.15, 0.2) is 0 Å². The van der Waals surface area contributed by atoms with Crippen LogP contribution in [0.5, 0.6) is 0 Å². The van der Waals surface area contributed by atoms with Crippen molar-refractivity contribution in [2.75, 3.05) is 5.32 Å². The zero-order valence-electron chi connectivity index (χ0n) is 9.77. The van der Waals surface area contributed by atoms with E-state index in [2.05, 4.69) is 21.2 Å². The van der Waals surface area contributed by atoms with Crippen molar-refractivity contribution in [1.29, 1.82) is 0 Å². The Kier molecular flexibility index (Phi) is 4.39. The van der Waals surface area contributed by atoms with Crippen LogP contribution in [0.4, 0.5) is 11.4 Å². The van der Waals surface area contributed by atoms with E-state index in [9.17, 15) is 10.1 Å². The topological polar surface area (TPSA) is 55.2 Å². The highest BCUT2D eigenvalue weighted by molar-refractivity contribution is 9.10. The van der Waals surface area contributed by atoms with Crippen LogP contribution in [0.15, 0.2) is 46.9 Å². The van der Waals surface area contributed by atoms with Gasteiger partial charge in [-0.3, -0.25) is 10.1 Å². The molecule has 2 aromatic carbocycles. The van der Waals surface area contributed by atoms with Crippen molar-refractivity contribution in [3.05, 3.63) is 67.6 Å². The molecule has 0 unspecified atom stereocenters. The Labute approximate surface area is 123 Å². The molecule has 0 aliphatic rings. The molecular formula is C13H10BrClN2O2. The largest absolute Gasteiger partial charge is 0.381 e. The highest BCUT2D eigenvalue weighted by atomic mass is 79.9. The quantitative estimate of drug-likeness (QED) is 0.652. The third-order valence-corrected chi connectivity index (χ3v) is 3.53. The van der Waals surface area contributed by atoms with Crippen LogP contribution in [0.3, 0.4) is 0 Å². The average molecular weight is 342 g/mol. The van der Waals surface area contributed by atoms with E-state index >= 15 is 0 Å². The second-order valence-corrected chi connectivity index (χ2v) is 5.19. The predicted octanol–water partition coefficient (Wildman–Crippen LogP) is 4.62. The van der Waals surface area contributed by atoms with Crippen LogP contribution in [0.2, 0.25) is 5.02 Å². The molecule has 2 rings (SSSR count). The van der Waals surface area contributed by atoms with Crippen molar-refractivity contribution in [2.24, 2.45) is 0 Å². The van der Waals surface area contributed by atoms with Gasteiger partial charge in [-0.1, -0.05) is 39.7 Å². The number of benzene rings is 2. The normalized spacial score (nSPS) is 10.2. The maximum absolute atomic E-state index is 10.7. The Bertz CT molecular complexity index is 619. The number of hydrogen-bond donors (Lipinski definition) is 1. The SMILES string of the molecule is O=[N+]([O-])c1cccc(NCc2ccc(Cl)cc2Br)c1. The monoisotopic (exact) mass is 340 g/mol. The number of halogens is 2. The second kappa shape index (κ2) is 6.04. The zero-order chi connectivity index (χ0) is 13.8. The van der Waals surface area contributed by atoms with Crippen molar-refractivity contribution < 1.29 is 4.92 Å². The van der Waals surface area contributed by atoms with Crippen LogP contribution in [-0.4, -0.2) is 4.92 Å². The molecule has 0 amide bonds. The van der Waals surface area contributed by atoms with Crippen molar-refractivity contribution in [3.63, 3.8) is 0 Å². The summed E-state index contributed by atoms with van der Waals surface area (Å²) in [5, 5.41) is 14.5. The van der Waals surface area contributed by atoms with Gasteiger partial charge in [-0.15, -0.1) is 0 Å². The fraction of sp³-hybridized carbons (Fsp3) is 0.0769. The highest BCUT2D eigenvalue weighted by Crippen LogP contribution is 2.23. The van der Waals surface area contributed by atoms with Crippen LogP contribution < -0.4 is 5.32 Å². The minimum absolute atomic E-state index is 0.0696. The molecule has 0 aromatic heterocycles. The molecule has 1 N–H and O–H groups in total. The van der Waals surface area contributed by atoms with Crippen LogP contribution >= 0.6 is 27.5 Å². The van der Waals surface area contributed by atoms with Gasteiger partial charge in [0, 0.05) is 33.9 Å². The molecule has 0 spiro atoms. The first-order valence-electron chi connectivity index (χ1n) is 5.48. The maximum atomic E-state index is 10.7. The van der Waals surface area contributed by atoms with Gasteiger partial charge in [-0.05, 0) is 23.8 Å². The summed E-state index contributed by atoms with van der Waals surface area (Å²) in [7, 11) is 0. The molecule has 0 saturated carbocycles. The van der Waals surface area contributed by atoms with Crippen molar-refractivity contribution in [3.8, 4) is 0 Å². The van der Waals surface area contributed by atoms with Gasteiger partial charge in [-0.2, -0.15) is 0 Å². The van der Waals surface area contributed by atoms with Gasteiger partial charge < -0.3 is 5.32 Å².